The van der Waals surface area contributed by atoms with Gasteiger partial charge in [-0.3, -0.25) is 10.1 Å². The maximum absolute atomic E-state index is 10.8. The number of anilines is 2. The number of nitrogens with zero attached hydrogens (tertiary/aromatic N) is 5. The number of nitrogens with one attached hydrogen (secondary N) is 1. The Kier molecular flexibility index (Phi) is 3.42. The van der Waals surface area contributed by atoms with E-state index < -0.39 is 4.92 Å². The van der Waals surface area contributed by atoms with E-state index in [1.165, 1.54) is 18.5 Å². The van der Waals surface area contributed by atoms with Crippen molar-refractivity contribution >= 4 is 23.0 Å². The third-order valence-corrected chi connectivity index (χ3v) is 3.27. The van der Waals surface area contributed by atoms with E-state index in [9.17, 15) is 10.1 Å². The molecule has 8 heteroatoms. The molecule has 3 aromatic rings. The maximum Gasteiger partial charge on any atom is 0.271 e. The molecule has 0 saturated heterocycles. The first-order valence-corrected chi connectivity index (χ1v) is 6.76. The number of aromatic nitrogens is 4. The van der Waals surface area contributed by atoms with Crippen LogP contribution < -0.4 is 5.32 Å². The van der Waals surface area contributed by atoms with Crippen molar-refractivity contribution in [2.24, 2.45) is 0 Å². The first-order chi connectivity index (χ1) is 10.6. The molecule has 0 unspecified atom stereocenters. The van der Waals surface area contributed by atoms with Crippen LogP contribution in [0.25, 0.3) is 5.65 Å². The summed E-state index contributed by atoms with van der Waals surface area (Å²) in [4.78, 5) is 18.8. The molecule has 1 N–H and O–H groups in total. The number of hydrogen-bond donors (Lipinski definition) is 1. The number of non-ortho nitro benzene ring substituents is 1. The number of fused-ring (bicyclic) bond motifs is 1. The van der Waals surface area contributed by atoms with Crippen molar-refractivity contribution in [1.29, 1.82) is 0 Å². The summed E-state index contributed by atoms with van der Waals surface area (Å²) in [5.74, 6) is 0.746. The highest BCUT2D eigenvalue weighted by Crippen LogP contribution is 2.23. The summed E-state index contributed by atoms with van der Waals surface area (Å²) < 4.78 is 1.59. The monoisotopic (exact) mass is 298 g/mol. The van der Waals surface area contributed by atoms with Gasteiger partial charge < -0.3 is 5.32 Å². The summed E-state index contributed by atoms with van der Waals surface area (Å²) in [6, 6.07) is 6.22. The van der Waals surface area contributed by atoms with E-state index in [0.717, 1.165) is 11.2 Å². The van der Waals surface area contributed by atoms with E-state index in [0.29, 0.717) is 11.6 Å². The van der Waals surface area contributed by atoms with Gasteiger partial charge in [0.05, 0.1) is 11.1 Å². The summed E-state index contributed by atoms with van der Waals surface area (Å²) in [6.45, 7) is 4.12. The lowest BCUT2D eigenvalue weighted by Crippen LogP contribution is -2.04. The van der Waals surface area contributed by atoms with Crippen LogP contribution in [0.4, 0.5) is 17.3 Å². The molecule has 112 valence electrons. The van der Waals surface area contributed by atoms with Crippen LogP contribution in [0.5, 0.6) is 0 Å². The molecule has 1 aromatic carbocycles. The Morgan fingerprint density at radius 3 is 2.86 bits per heavy atom. The highest BCUT2D eigenvalue weighted by Gasteiger charge is 2.13. The normalized spacial score (nSPS) is 11.0. The van der Waals surface area contributed by atoms with Gasteiger partial charge in [-0.05, 0) is 12.0 Å². The van der Waals surface area contributed by atoms with Gasteiger partial charge in [-0.25, -0.2) is 9.97 Å². The fourth-order valence-corrected chi connectivity index (χ4v) is 2.15. The van der Waals surface area contributed by atoms with E-state index in [1.54, 1.807) is 22.8 Å². The molecular weight excluding hydrogens is 284 g/mol. The SMILES string of the molecule is CC(C)c1cnn2c(Nc3cccc([N+](=O)[O-])c3)ncnc12. The van der Waals surface area contributed by atoms with Crippen LogP contribution in [0, 0.1) is 10.1 Å². The minimum Gasteiger partial charge on any atom is -0.324 e. The molecule has 2 heterocycles. The van der Waals surface area contributed by atoms with E-state index >= 15 is 0 Å². The minimum atomic E-state index is -0.439. The van der Waals surface area contributed by atoms with Gasteiger partial charge in [0.15, 0.2) is 5.65 Å². The number of nitro groups is 1. The smallest absolute Gasteiger partial charge is 0.271 e. The van der Waals surface area contributed by atoms with E-state index in [4.69, 9.17) is 0 Å². The summed E-state index contributed by atoms with van der Waals surface area (Å²) in [6.07, 6.45) is 3.20. The lowest BCUT2D eigenvalue weighted by atomic mass is 10.1. The highest BCUT2D eigenvalue weighted by atomic mass is 16.6. The maximum atomic E-state index is 10.8. The largest absolute Gasteiger partial charge is 0.324 e. The second kappa shape index (κ2) is 5.40. The first kappa shape index (κ1) is 13.9. The summed E-state index contributed by atoms with van der Waals surface area (Å²) >= 11 is 0. The van der Waals surface area contributed by atoms with E-state index in [-0.39, 0.29) is 11.6 Å². The zero-order chi connectivity index (χ0) is 15.7. The molecule has 22 heavy (non-hydrogen) atoms. The summed E-state index contributed by atoms with van der Waals surface area (Å²) in [5.41, 5.74) is 2.32. The van der Waals surface area contributed by atoms with Gasteiger partial charge in [-0.15, -0.1) is 0 Å². The van der Waals surface area contributed by atoms with Crippen molar-refractivity contribution in [3.8, 4) is 0 Å². The zero-order valence-electron chi connectivity index (χ0n) is 12.1. The number of rotatable bonds is 4. The van der Waals surface area contributed by atoms with Gasteiger partial charge >= 0.3 is 0 Å². The minimum absolute atomic E-state index is 0.0126. The van der Waals surface area contributed by atoms with Crippen LogP contribution in [-0.4, -0.2) is 24.5 Å². The Morgan fingerprint density at radius 1 is 1.32 bits per heavy atom. The molecule has 3 rings (SSSR count). The molecular formula is C14H14N6O2. The fraction of sp³-hybridized carbons (Fsp3) is 0.214. The van der Waals surface area contributed by atoms with Crippen LogP contribution in [0.2, 0.25) is 0 Å². The Morgan fingerprint density at radius 2 is 2.14 bits per heavy atom. The van der Waals surface area contributed by atoms with Gasteiger partial charge in [0, 0.05) is 23.4 Å². The van der Waals surface area contributed by atoms with Crippen LogP contribution >= 0.6 is 0 Å². The highest BCUT2D eigenvalue weighted by molar-refractivity contribution is 5.60. The van der Waals surface area contributed by atoms with Crippen molar-refractivity contribution in [2.75, 3.05) is 5.32 Å². The molecule has 0 spiro atoms. The van der Waals surface area contributed by atoms with E-state index in [2.05, 4.69) is 34.2 Å². The van der Waals surface area contributed by atoms with Crippen molar-refractivity contribution in [2.45, 2.75) is 19.8 Å². The van der Waals surface area contributed by atoms with Crippen LogP contribution in [-0.2, 0) is 0 Å². The molecule has 0 fully saturated rings. The van der Waals surface area contributed by atoms with Crippen LogP contribution in [0.15, 0.2) is 36.8 Å². The third kappa shape index (κ3) is 2.46. The van der Waals surface area contributed by atoms with Gasteiger partial charge in [0.1, 0.15) is 6.33 Å². The molecule has 0 atom stereocenters. The summed E-state index contributed by atoms with van der Waals surface area (Å²) in [5, 5.41) is 18.2. The van der Waals surface area contributed by atoms with Gasteiger partial charge in [0.25, 0.3) is 5.69 Å². The molecule has 0 aliphatic rings. The van der Waals surface area contributed by atoms with Gasteiger partial charge in [-0.2, -0.15) is 9.61 Å². The first-order valence-electron chi connectivity index (χ1n) is 6.76. The second-order valence-corrected chi connectivity index (χ2v) is 5.12. The van der Waals surface area contributed by atoms with Crippen molar-refractivity contribution in [1.82, 2.24) is 19.6 Å². The average Bonchev–Trinajstić information content (AvgIpc) is 2.93. The Bertz CT molecular complexity index is 842. The predicted molar refractivity (Wildman–Crippen MR) is 81.3 cm³/mol. The topological polar surface area (TPSA) is 98.2 Å². The Labute approximate surface area is 126 Å². The van der Waals surface area contributed by atoms with Crippen molar-refractivity contribution in [3.05, 3.63) is 52.5 Å². The Balaban J connectivity index is 2.01. The molecule has 0 aliphatic carbocycles. The quantitative estimate of drug-likeness (QED) is 0.587. The van der Waals surface area contributed by atoms with Crippen molar-refractivity contribution < 1.29 is 4.92 Å². The van der Waals surface area contributed by atoms with Gasteiger partial charge in [0.2, 0.25) is 5.95 Å². The fourth-order valence-electron chi connectivity index (χ4n) is 2.15. The van der Waals surface area contributed by atoms with Crippen LogP contribution in [0.1, 0.15) is 25.3 Å². The second-order valence-electron chi connectivity index (χ2n) is 5.12. The molecule has 0 radical (unpaired) electrons. The Hall–Kier alpha value is -3.03. The number of nitro benzene ring substituents is 1. The van der Waals surface area contributed by atoms with E-state index in [1.807, 2.05) is 0 Å². The third-order valence-electron chi connectivity index (χ3n) is 3.27. The van der Waals surface area contributed by atoms with Crippen LogP contribution in [0.3, 0.4) is 0 Å². The summed E-state index contributed by atoms with van der Waals surface area (Å²) in [7, 11) is 0. The standard InChI is InChI=1S/C14H14N6O2/c1-9(2)12-7-17-19-13(12)15-8-16-14(19)18-10-4-3-5-11(6-10)20(21)22/h3-9H,1-2H3,(H,15,16,18). The van der Waals surface area contributed by atoms with Gasteiger partial charge in [-0.1, -0.05) is 19.9 Å². The lowest BCUT2D eigenvalue weighted by molar-refractivity contribution is -0.384. The molecule has 0 saturated carbocycles. The molecule has 0 aliphatic heterocycles. The number of hydrogen-bond acceptors (Lipinski definition) is 6. The predicted octanol–water partition coefficient (Wildman–Crippen LogP) is 2.90. The molecule has 8 nitrogen and oxygen atoms in total. The zero-order valence-corrected chi connectivity index (χ0v) is 12.1. The molecule has 2 aromatic heterocycles. The average molecular weight is 298 g/mol. The molecule has 0 bridgehead atoms. The number of benzene rings is 1. The lowest BCUT2D eigenvalue weighted by Gasteiger charge is -2.07. The van der Waals surface area contributed by atoms with Crippen molar-refractivity contribution in [3.63, 3.8) is 0 Å². The molecule has 0 amide bonds.